The molecule has 1 rings (SSSR count). The molecule has 1 amide bonds. The molecule has 0 bridgehead atoms. The van der Waals surface area contributed by atoms with Gasteiger partial charge in [0.1, 0.15) is 18.2 Å². The fourth-order valence-electron chi connectivity index (χ4n) is 2.08. The van der Waals surface area contributed by atoms with Crippen LogP contribution in [0, 0.1) is 0 Å². The van der Waals surface area contributed by atoms with E-state index < -0.39 is 29.7 Å². The largest absolute Gasteiger partial charge is 0.481 e. The summed E-state index contributed by atoms with van der Waals surface area (Å²) in [5.41, 5.74) is 0.691. The molecule has 0 radical (unpaired) electrons. The molecule has 1 aromatic carbocycles. The third-order valence-corrected chi connectivity index (χ3v) is 3.98. The summed E-state index contributed by atoms with van der Waals surface area (Å²) < 4.78 is 5.16. The molecule has 0 aliphatic heterocycles. The Bertz CT molecular complexity index is 655. The Morgan fingerprint density at radius 3 is 2.29 bits per heavy atom. The second-order valence-corrected chi connectivity index (χ2v) is 8.02. The van der Waals surface area contributed by atoms with Crippen LogP contribution in [0.25, 0.3) is 0 Å². The molecule has 0 saturated heterocycles. The van der Waals surface area contributed by atoms with Gasteiger partial charge < -0.3 is 15.2 Å². The van der Waals surface area contributed by atoms with Gasteiger partial charge in [-0.1, -0.05) is 24.3 Å². The lowest BCUT2D eigenvalue weighted by Crippen LogP contribution is -2.44. The van der Waals surface area contributed by atoms with Crippen molar-refractivity contribution in [3.63, 3.8) is 0 Å². The Kier molecular flexibility index (Phi) is 9.81. The molecule has 0 aliphatic carbocycles. The minimum Gasteiger partial charge on any atom is -0.481 e. The highest BCUT2D eigenvalue weighted by molar-refractivity contribution is 7.98. The summed E-state index contributed by atoms with van der Waals surface area (Å²) in [6.07, 6.45) is 1.49. The number of hydrogen-bond donors (Lipinski definition) is 2. The van der Waals surface area contributed by atoms with Crippen LogP contribution in [0.3, 0.4) is 0 Å². The number of nitrogens with one attached hydrogen (secondary N) is 1. The molecule has 0 aliphatic rings. The van der Waals surface area contributed by atoms with Crippen molar-refractivity contribution in [2.24, 2.45) is 0 Å². The van der Waals surface area contributed by atoms with E-state index in [0.717, 1.165) is 0 Å². The molecule has 8 nitrogen and oxygen atoms in total. The van der Waals surface area contributed by atoms with Crippen LogP contribution in [0.15, 0.2) is 24.3 Å². The summed E-state index contributed by atoms with van der Waals surface area (Å²) in [5.74, 6) is -0.991. The summed E-state index contributed by atoms with van der Waals surface area (Å²) in [6.45, 7) is 5.19. The Labute approximate surface area is 168 Å². The Hall–Kier alpha value is -2.26. The molecule has 1 atom stereocenters. The van der Waals surface area contributed by atoms with Gasteiger partial charge >= 0.3 is 18.0 Å². The van der Waals surface area contributed by atoms with Crippen molar-refractivity contribution >= 4 is 29.8 Å². The summed E-state index contributed by atoms with van der Waals surface area (Å²) in [6, 6.07) is 5.83. The standard InChI is InChI=1S/C19H27NO7S/c1-19(2,3)26-18(24)20-15(9-10-28-4)17(23)27-25-12-14-7-5-13(6-8-14)11-16(21)22/h5-8,15H,9-12H2,1-4H3,(H,20,24)(H,21,22)/t15-/m1/s1. The van der Waals surface area contributed by atoms with Crippen molar-refractivity contribution in [2.75, 3.05) is 12.0 Å². The number of carbonyl (C=O) groups is 3. The average Bonchev–Trinajstić information content (AvgIpc) is 2.58. The van der Waals surface area contributed by atoms with Gasteiger partial charge in [0.25, 0.3) is 0 Å². The molecule has 0 saturated carbocycles. The Balaban J connectivity index is 2.53. The van der Waals surface area contributed by atoms with E-state index in [9.17, 15) is 14.4 Å². The molecule has 28 heavy (non-hydrogen) atoms. The van der Waals surface area contributed by atoms with Crippen LogP contribution in [0.5, 0.6) is 0 Å². The number of aliphatic carboxylic acids is 1. The highest BCUT2D eigenvalue weighted by Gasteiger charge is 2.26. The number of benzene rings is 1. The zero-order valence-corrected chi connectivity index (χ0v) is 17.3. The van der Waals surface area contributed by atoms with Gasteiger partial charge in [0, 0.05) is 0 Å². The van der Waals surface area contributed by atoms with Crippen LogP contribution in [0.1, 0.15) is 38.3 Å². The molecule has 156 valence electrons. The van der Waals surface area contributed by atoms with Crippen molar-refractivity contribution in [3.8, 4) is 0 Å². The topological polar surface area (TPSA) is 111 Å². The van der Waals surface area contributed by atoms with Gasteiger partial charge in [-0.2, -0.15) is 16.6 Å². The Morgan fingerprint density at radius 2 is 1.75 bits per heavy atom. The van der Waals surface area contributed by atoms with Gasteiger partial charge in [-0.05, 0) is 50.3 Å². The first-order chi connectivity index (χ1) is 13.1. The highest BCUT2D eigenvalue weighted by atomic mass is 32.2. The molecule has 0 fully saturated rings. The third-order valence-electron chi connectivity index (χ3n) is 3.33. The maximum atomic E-state index is 12.2. The van der Waals surface area contributed by atoms with E-state index in [1.807, 2.05) is 6.26 Å². The van der Waals surface area contributed by atoms with Gasteiger partial charge in [-0.15, -0.1) is 0 Å². The van der Waals surface area contributed by atoms with Crippen molar-refractivity contribution < 1.29 is 34.0 Å². The quantitative estimate of drug-likeness (QED) is 0.445. The van der Waals surface area contributed by atoms with E-state index in [2.05, 4.69) is 5.32 Å². The van der Waals surface area contributed by atoms with Gasteiger partial charge in [0.2, 0.25) is 0 Å². The van der Waals surface area contributed by atoms with Crippen molar-refractivity contribution in [3.05, 3.63) is 35.4 Å². The fourth-order valence-corrected chi connectivity index (χ4v) is 2.55. The van der Waals surface area contributed by atoms with E-state index in [1.54, 1.807) is 45.0 Å². The SMILES string of the molecule is CSCC[C@@H](NC(=O)OC(C)(C)C)C(=O)OOCc1ccc(CC(=O)O)cc1. The second-order valence-electron chi connectivity index (χ2n) is 7.03. The molecule has 0 unspecified atom stereocenters. The van der Waals surface area contributed by atoms with Crippen molar-refractivity contribution in [2.45, 2.75) is 51.9 Å². The zero-order valence-electron chi connectivity index (χ0n) is 16.5. The number of rotatable bonds is 10. The number of carboxylic acid groups (broad SMARTS) is 1. The normalized spacial score (nSPS) is 12.1. The molecule has 0 heterocycles. The molecular weight excluding hydrogens is 386 g/mol. The predicted molar refractivity (Wildman–Crippen MR) is 105 cm³/mol. The van der Waals surface area contributed by atoms with E-state index >= 15 is 0 Å². The molecule has 1 aromatic rings. The minimum absolute atomic E-state index is 0.000771. The van der Waals surface area contributed by atoms with Crippen LogP contribution in [0.2, 0.25) is 0 Å². The van der Waals surface area contributed by atoms with E-state index in [1.165, 1.54) is 11.8 Å². The average molecular weight is 413 g/mol. The summed E-state index contributed by atoms with van der Waals surface area (Å²) in [7, 11) is 0. The van der Waals surface area contributed by atoms with E-state index in [0.29, 0.717) is 23.3 Å². The van der Waals surface area contributed by atoms with Crippen LogP contribution in [0.4, 0.5) is 4.79 Å². The summed E-state index contributed by atoms with van der Waals surface area (Å²) in [4.78, 5) is 44.6. The molecular formula is C19H27NO7S. The minimum atomic E-state index is -0.910. The molecule has 9 heteroatoms. The first kappa shape index (κ1) is 23.8. The smallest absolute Gasteiger partial charge is 0.408 e. The number of carboxylic acids is 1. The molecule has 2 N–H and O–H groups in total. The zero-order chi connectivity index (χ0) is 21.2. The van der Waals surface area contributed by atoms with Crippen molar-refractivity contribution in [1.29, 1.82) is 0 Å². The number of carbonyl (C=O) groups excluding carboxylic acids is 2. The molecule has 0 aromatic heterocycles. The highest BCUT2D eigenvalue weighted by Crippen LogP contribution is 2.10. The maximum Gasteiger partial charge on any atom is 0.408 e. The van der Waals surface area contributed by atoms with Crippen molar-refractivity contribution in [1.82, 2.24) is 5.32 Å². The second kappa shape index (κ2) is 11.6. The fraction of sp³-hybridized carbons (Fsp3) is 0.526. The number of ether oxygens (including phenoxy) is 1. The summed E-state index contributed by atoms with van der Waals surface area (Å²) in [5, 5.41) is 11.3. The first-order valence-electron chi connectivity index (χ1n) is 8.72. The van der Waals surface area contributed by atoms with Crippen LogP contribution in [-0.2, 0) is 37.1 Å². The van der Waals surface area contributed by atoms with E-state index in [-0.39, 0.29) is 13.0 Å². The first-order valence-corrected chi connectivity index (χ1v) is 10.1. The number of thioether (sulfide) groups is 1. The number of hydrogen-bond acceptors (Lipinski definition) is 7. The van der Waals surface area contributed by atoms with E-state index in [4.69, 9.17) is 19.6 Å². The van der Waals surface area contributed by atoms with Crippen LogP contribution >= 0.6 is 11.8 Å². The van der Waals surface area contributed by atoms with Crippen LogP contribution < -0.4 is 5.32 Å². The maximum absolute atomic E-state index is 12.2. The van der Waals surface area contributed by atoms with Gasteiger partial charge in [-0.25, -0.2) is 9.59 Å². The number of alkyl carbamates (subject to hydrolysis) is 1. The predicted octanol–water partition coefficient (Wildman–Crippen LogP) is 2.93. The van der Waals surface area contributed by atoms with Gasteiger partial charge in [0.15, 0.2) is 0 Å². The Morgan fingerprint density at radius 1 is 1.14 bits per heavy atom. The lowest BCUT2D eigenvalue weighted by molar-refractivity contribution is -0.281. The third kappa shape index (κ3) is 10.2. The number of amides is 1. The summed E-state index contributed by atoms with van der Waals surface area (Å²) >= 11 is 1.53. The lowest BCUT2D eigenvalue weighted by atomic mass is 10.1. The lowest BCUT2D eigenvalue weighted by Gasteiger charge is -2.22. The van der Waals surface area contributed by atoms with Gasteiger partial charge in [0.05, 0.1) is 6.42 Å². The monoisotopic (exact) mass is 413 g/mol. The van der Waals surface area contributed by atoms with Gasteiger partial charge in [-0.3, -0.25) is 9.68 Å². The van der Waals surface area contributed by atoms with Crippen LogP contribution in [-0.4, -0.2) is 46.8 Å². The molecule has 0 spiro atoms.